The van der Waals surface area contributed by atoms with Crippen molar-refractivity contribution in [2.45, 2.75) is 31.8 Å². The van der Waals surface area contributed by atoms with E-state index in [1.807, 2.05) is 18.2 Å². The van der Waals surface area contributed by atoms with Crippen molar-refractivity contribution in [3.63, 3.8) is 0 Å². The highest BCUT2D eigenvalue weighted by molar-refractivity contribution is 5.39. The zero-order valence-corrected chi connectivity index (χ0v) is 8.03. The van der Waals surface area contributed by atoms with Crippen LogP contribution in [0.2, 0.25) is 0 Å². The molecule has 0 fully saturated rings. The molecule has 1 atom stereocenters. The van der Waals surface area contributed by atoms with Gasteiger partial charge in [0.05, 0.1) is 18.6 Å². The van der Waals surface area contributed by atoms with Crippen LogP contribution in [0.15, 0.2) is 18.2 Å². The van der Waals surface area contributed by atoms with Crippen molar-refractivity contribution in [3.05, 3.63) is 34.9 Å². The Hall–Kier alpha value is -1.33. The number of hydrogen-bond donors (Lipinski definition) is 1. The van der Waals surface area contributed by atoms with Crippen molar-refractivity contribution in [1.29, 1.82) is 5.26 Å². The Morgan fingerprint density at radius 3 is 3.07 bits per heavy atom. The Balaban J connectivity index is 2.35. The molecular formula is C12H13NO. The second-order valence-corrected chi connectivity index (χ2v) is 3.72. The largest absolute Gasteiger partial charge is 0.387 e. The lowest BCUT2D eigenvalue weighted by molar-refractivity contribution is 0.182. The summed E-state index contributed by atoms with van der Waals surface area (Å²) >= 11 is 0. The van der Waals surface area contributed by atoms with Gasteiger partial charge in [-0.05, 0) is 36.0 Å². The molecule has 0 aliphatic heterocycles. The molecule has 1 aliphatic carbocycles. The molecule has 0 amide bonds. The van der Waals surface area contributed by atoms with Gasteiger partial charge in [-0.15, -0.1) is 0 Å². The molecule has 2 rings (SSSR count). The van der Waals surface area contributed by atoms with Gasteiger partial charge in [-0.3, -0.25) is 0 Å². The average molecular weight is 187 g/mol. The first-order chi connectivity index (χ1) is 6.83. The lowest BCUT2D eigenvalue weighted by Gasteiger charge is -2.11. The second kappa shape index (κ2) is 3.81. The lowest BCUT2D eigenvalue weighted by atomic mass is 9.98. The maximum atomic E-state index is 9.76. The Kier molecular flexibility index (Phi) is 2.51. The van der Waals surface area contributed by atoms with Gasteiger partial charge in [0.25, 0.3) is 0 Å². The van der Waals surface area contributed by atoms with E-state index in [1.54, 1.807) is 0 Å². The minimum Gasteiger partial charge on any atom is -0.387 e. The van der Waals surface area contributed by atoms with Crippen molar-refractivity contribution >= 4 is 0 Å². The van der Waals surface area contributed by atoms with Crippen LogP contribution in [-0.2, 0) is 12.8 Å². The van der Waals surface area contributed by atoms with Crippen LogP contribution in [-0.4, -0.2) is 5.11 Å². The average Bonchev–Trinajstić information content (AvgIpc) is 2.65. The van der Waals surface area contributed by atoms with E-state index in [0.29, 0.717) is 0 Å². The van der Waals surface area contributed by atoms with Crippen molar-refractivity contribution < 1.29 is 5.11 Å². The smallest absolute Gasteiger partial charge is 0.0922 e. The van der Waals surface area contributed by atoms with Crippen LogP contribution in [0.25, 0.3) is 0 Å². The normalized spacial score (nSPS) is 16.0. The number of aliphatic hydroxyl groups excluding tert-OH is 1. The van der Waals surface area contributed by atoms with Crippen LogP contribution in [0.3, 0.4) is 0 Å². The van der Waals surface area contributed by atoms with Crippen molar-refractivity contribution in [2.24, 2.45) is 0 Å². The van der Waals surface area contributed by atoms with E-state index in [9.17, 15) is 5.11 Å². The van der Waals surface area contributed by atoms with Crippen LogP contribution in [0.1, 0.15) is 35.6 Å². The first kappa shape index (κ1) is 9.23. The molecular weight excluding hydrogens is 174 g/mol. The summed E-state index contributed by atoms with van der Waals surface area (Å²) in [6, 6.07) is 8.03. The molecule has 0 bridgehead atoms. The molecule has 0 spiro atoms. The number of hydrogen-bond acceptors (Lipinski definition) is 2. The summed E-state index contributed by atoms with van der Waals surface area (Å²) < 4.78 is 0. The maximum absolute atomic E-state index is 9.76. The number of benzene rings is 1. The molecule has 14 heavy (non-hydrogen) atoms. The van der Waals surface area contributed by atoms with E-state index in [2.05, 4.69) is 6.07 Å². The quantitative estimate of drug-likeness (QED) is 0.770. The molecule has 0 saturated carbocycles. The molecule has 2 nitrogen and oxygen atoms in total. The fourth-order valence-corrected chi connectivity index (χ4v) is 2.16. The van der Waals surface area contributed by atoms with Crippen molar-refractivity contribution in [1.82, 2.24) is 0 Å². The molecule has 1 unspecified atom stereocenters. The third-order valence-electron chi connectivity index (χ3n) is 2.83. The molecule has 0 radical (unpaired) electrons. The van der Waals surface area contributed by atoms with Crippen molar-refractivity contribution in [3.8, 4) is 6.07 Å². The van der Waals surface area contributed by atoms with E-state index in [4.69, 9.17) is 5.26 Å². The highest BCUT2D eigenvalue weighted by Gasteiger charge is 2.18. The summed E-state index contributed by atoms with van der Waals surface area (Å²) in [6.07, 6.45) is 2.92. The van der Waals surface area contributed by atoms with E-state index < -0.39 is 6.10 Å². The van der Waals surface area contributed by atoms with Crippen LogP contribution in [0.5, 0.6) is 0 Å². The molecule has 1 aromatic carbocycles. The van der Waals surface area contributed by atoms with Crippen LogP contribution in [0, 0.1) is 11.3 Å². The molecule has 2 heteroatoms. The third-order valence-corrected chi connectivity index (χ3v) is 2.83. The van der Waals surface area contributed by atoms with E-state index in [0.717, 1.165) is 18.4 Å². The summed E-state index contributed by atoms with van der Waals surface area (Å²) in [5, 5.41) is 18.3. The lowest BCUT2D eigenvalue weighted by Crippen LogP contribution is -2.00. The highest BCUT2D eigenvalue weighted by Crippen LogP contribution is 2.29. The summed E-state index contributed by atoms with van der Waals surface area (Å²) in [4.78, 5) is 0. The summed E-state index contributed by atoms with van der Waals surface area (Å²) in [5.74, 6) is 0. The predicted molar refractivity (Wildman–Crippen MR) is 53.7 cm³/mol. The molecule has 72 valence electrons. The van der Waals surface area contributed by atoms with Gasteiger partial charge >= 0.3 is 0 Å². The third kappa shape index (κ3) is 1.51. The standard InChI is InChI=1S/C12H13NO/c13-8-7-12(14)11-6-2-4-9-3-1-5-10(9)11/h2,4,6,12,14H,1,3,5,7H2. The summed E-state index contributed by atoms with van der Waals surface area (Å²) in [6.45, 7) is 0. The Bertz CT molecular complexity index is 378. The van der Waals surface area contributed by atoms with Crippen molar-refractivity contribution in [2.75, 3.05) is 0 Å². The number of fused-ring (bicyclic) bond motifs is 1. The van der Waals surface area contributed by atoms with Gasteiger partial charge in [0.15, 0.2) is 0 Å². The van der Waals surface area contributed by atoms with Gasteiger partial charge in [-0.2, -0.15) is 5.26 Å². The van der Waals surface area contributed by atoms with E-state index in [1.165, 1.54) is 17.5 Å². The first-order valence-electron chi connectivity index (χ1n) is 4.98. The van der Waals surface area contributed by atoms with Crippen LogP contribution in [0.4, 0.5) is 0 Å². The van der Waals surface area contributed by atoms with Gasteiger partial charge in [-0.1, -0.05) is 18.2 Å². The Morgan fingerprint density at radius 2 is 2.29 bits per heavy atom. The van der Waals surface area contributed by atoms with Gasteiger partial charge in [-0.25, -0.2) is 0 Å². The molecule has 0 heterocycles. The monoisotopic (exact) mass is 187 g/mol. The number of aryl methyl sites for hydroxylation is 1. The fourth-order valence-electron chi connectivity index (χ4n) is 2.16. The molecule has 0 aromatic heterocycles. The summed E-state index contributed by atoms with van der Waals surface area (Å²) in [5.41, 5.74) is 3.58. The van der Waals surface area contributed by atoms with Gasteiger partial charge < -0.3 is 5.11 Å². The SMILES string of the molecule is N#CCC(O)c1cccc2c1CCC2. The zero-order chi connectivity index (χ0) is 9.97. The minimum atomic E-state index is -0.604. The molecule has 1 aliphatic rings. The maximum Gasteiger partial charge on any atom is 0.0922 e. The topological polar surface area (TPSA) is 44.0 Å². The van der Waals surface area contributed by atoms with Gasteiger partial charge in [0.1, 0.15) is 0 Å². The number of nitrogens with zero attached hydrogens (tertiary/aromatic N) is 1. The second-order valence-electron chi connectivity index (χ2n) is 3.72. The van der Waals surface area contributed by atoms with Crippen LogP contribution >= 0.6 is 0 Å². The molecule has 1 aromatic rings. The molecule has 0 saturated heterocycles. The van der Waals surface area contributed by atoms with Gasteiger partial charge in [0, 0.05) is 0 Å². The number of aliphatic hydroxyl groups is 1. The van der Waals surface area contributed by atoms with Crippen LogP contribution < -0.4 is 0 Å². The number of nitriles is 1. The minimum absolute atomic E-state index is 0.191. The Morgan fingerprint density at radius 1 is 1.43 bits per heavy atom. The zero-order valence-electron chi connectivity index (χ0n) is 8.03. The first-order valence-corrected chi connectivity index (χ1v) is 4.98. The van der Waals surface area contributed by atoms with Gasteiger partial charge in [0.2, 0.25) is 0 Å². The summed E-state index contributed by atoms with van der Waals surface area (Å²) in [7, 11) is 0. The Labute approximate surface area is 83.8 Å². The fraction of sp³-hybridized carbons (Fsp3) is 0.417. The highest BCUT2D eigenvalue weighted by atomic mass is 16.3. The molecule has 1 N–H and O–H groups in total. The number of rotatable bonds is 2. The predicted octanol–water partition coefficient (Wildman–Crippen LogP) is 2.12. The van der Waals surface area contributed by atoms with E-state index in [-0.39, 0.29) is 6.42 Å². The van der Waals surface area contributed by atoms with E-state index >= 15 is 0 Å².